The normalized spacial score (nSPS) is 15.3. The molecule has 1 heterocycles. The zero-order chi connectivity index (χ0) is 16.6. The Morgan fingerprint density at radius 1 is 1.21 bits per heavy atom. The van der Waals surface area contributed by atoms with Crippen LogP contribution in [-0.2, 0) is 0 Å². The predicted octanol–water partition coefficient (Wildman–Crippen LogP) is 4.03. The van der Waals surface area contributed by atoms with Crippen LogP contribution in [0.3, 0.4) is 0 Å². The maximum Gasteiger partial charge on any atom is 0.271 e. The summed E-state index contributed by atoms with van der Waals surface area (Å²) in [4.78, 5) is 12.0. The number of hydrogen-bond acceptors (Lipinski definition) is 4. The molecule has 1 aromatic heterocycles. The Morgan fingerprint density at radius 3 is 2.71 bits per heavy atom. The van der Waals surface area contributed by atoms with Crippen LogP contribution >= 0.6 is 0 Å². The predicted molar refractivity (Wildman–Crippen MR) is 93.0 cm³/mol. The van der Waals surface area contributed by atoms with E-state index in [0.29, 0.717) is 11.7 Å². The van der Waals surface area contributed by atoms with Gasteiger partial charge in [-0.3, -0.25) is 4.79 Å². The number of nitrogens with zero attached hydrogens (tertiary/aromatic N) is 1. The molecule has 0 atom stereocenters. The zero-order valence-corrected chi connectivity index (χ0v) is 13.4. The summed E-state index contributed by atoms with van der Waals surface area (Å²) in [5.74, 6) is 1.28. The second-order valence-corrected chi connectivity index (χ2v) is 5.64. The van der Waals surface area contributed by atoms with Gasteiger partial charge in [-0.25, -0.2) is 5.43 Å². The Labute approximate surface area is 141 Å². The number of hydrogen-bond donors (Lipinski definition) is 1. The van der Waals surface area contributed by atoms with Gasteiger partial charge in [0.25, 0.3) is 5.91 Å². The Kier molecular flexibility index (Phi) is 5.45. The summed E-state index contributed by atoms with van der Waals surface area (Å²) in [6.07, 6.45) is 11.6. The first-order chi connectivity index (χ1) is 11.8. The van der Waals surface area contributed by atoms with Crippen molar-refractivity contribution in [3.63, 3.8) is 0 Å². The molecule has 0 radical (unpaired) electrons. The molecule has 1 amide bonds. The fraction of sp³-hybridized carbons (Fsp3) is 0.263. The molecule has 1 saturated carbocycles. The molecular formula is C19H20N2O3. The van der Waals surface area contributed by atoms with E-state index in [1.54, 1.807) is 36.6 Å². The van der Waals surface area contributed by atoms with Crippen LogP contribution in [0.25, 0.3) is 6.08 Å². The van der Waals surface area contributed by atoms with Crippen LogP contribution in [0.1, 0.15) is 41.8 Å². The van der Waals surface area contributed by atoms with Crippen molar-refractivity contribution < 1.29 is 13.9 Å². The minimum atomic E-state index is -0.259. The van der Waals surface area contributed by atoms with Crippen molar-refractivity contribution in [2.24, 2.45) is 5.10 Å². The molecule has 0 unspecified atom stereocenters. The minimum absolute atomic E-state index is 0.259. The Morgan fingerprint density at radius 2 is 2.00 bits per heavy atom. The van der Waals surface area contributed by atoms with Gasteiger partial charge in [-0.1, -0.05) is 0 Å². The summed E-state index contributed by atoms with van der Waals surface area (Å²) >= 11 is 0. The molecule has 0 bridgehead atoms. The molecule has 1 aliphatic carbocycles. The van der Waals surface area contributed by atoms with Crippen LogP contribution in [0.15, 0.2) is 58.3 Å². The molecule has 1 N–H and O–H groups in total. The lowest BCUT2D eigenvalue weighted by Gasteiger charge is -2.12. The van der Waals surface area contributed by atoms with Gasteiger partial charge in [0.1, 0.15) is 11.5 Å². The van der Waals surface area contributed by atoms with E-state index < -0.39 is 0 Å². The fourth-order valence-corrected chi connectivity index (χ4v) is 2.61. The van der Waals surface area contributed by atoms with Crippen LogP contribution in [0.4, 0.5) is 0 Å². The summed E-state index contributed by atoms with van der Waals surface area (Å²) in [6, 6.07) is 10.8. The number of ether oxygens (including phenoxy) is 1. The first kappa shape index (κ1) is 16.1. The van der Waals surface area contributed by atoms with Gasteiger partial charge < -0.3 is 9.15 Å². The molecule has 2 aromatic rings. The van der Waals surface area contributed by atoms with Crippen molar-refractivity contribution in [2.45, 2.75) is 31.8 Å². The number of furan rings is 1. The molecule has 0 spiro atoms. The number of allylic oxidation sites excluding steroid dienone is 1. The van der Waals surface area contributed by atoms with E-state index in [2.05, 4.69) is 10.5 Å². The highest BCUT2D eigenvalue weighted by molar-refractivity contribution is 5.94. The fourth-order valence-electron chi connectivity index (χ4n) is 2.61. The largest absolute Gasteiger partial charge is 0.490 e. The van der Waals surface area contributed by atoms with Crippen LogP contribution in [0.5, 0.6) is 5.75 Å². The molecule has 1 aliphatic rings. The monoisotopic (exact) mass is 324 g/mol. The quantitative estimate of drug-likeness (QED) is 0.644. The smallest absolute Gasteiger partial charge is 0.271 e. The Bertz CT molecular complexity index is 697. The molecule has 5 heteroatoms. The van der Waals surface area contributed by atoms with Crippen LogP contribution < -0.4 is 10.2 Å². The molecule has 1 fully saturated rings. The third-order valence-electron chi connectivity index (χ3n) is 3.85. The SMILES string of the molecule is O=C(N/N=C\C=C\c1ccco1)c1ccc(OC2CCCC2)cc1. The van der Waals surface area contributed by atoms with E-state index in [1.807, 2.05) is 18.2 Å². The molecule has 0 saturated heterocycles. The summed E-state index contributed by atoms with van der Waals surface area (Å²) in [5.41, 5.74) is 3.02. The van der Waals surface area contributed by atoms with E-state index in [4.69, 9.17) is 9.15 Å². The number of hydrazone groups is 1. The number of carbonyl (C=O) groups excluding carboxylic acids is 1. The van der Waals surface area contributed by atoms with Gasteiger partial charge in [-0.2, -0.15) is 5.10 Å². The van der Waals surface area contributed by atoms with E-state index >= 15 is 0 Å². The van der Waals surface area contributed by atoms with Gasteiger partial charge in [0.05, 0.1) is 12.4 Å². The Hall–Kier alpha value is -2.82. The first-order valence-corrected chi connectivity index (χ1v) is 8.11. The van der Waals surface area contributed by atoms with E-state index in [-0.39, 0.29) is 5.91 Å². The van der Waals surface area contributed by atoms with Crippen molar-refractivity contribution >= 4 is 18.2 Å². The van der Waals surface area contributed by atoms with Gasteiger partial charge in [0.2, 0.25) is 0 Å². The van der Waals surface area contributed by atoms with Crippen LogP contribution in [0, 0.1) is 0 Å². The van der Waals surface area contributed by atoms with E-state index in [0.717, 1.165) is 24.4 Å². The number of amides is 1. The minimum Gasteiger partial charge on any atom is -0.490 e. The Balaban J connectivity index is 1.47. The molecule has 124 valence electrons. The second kappa shape index (κ2) is 8.15. The van der Waals surface area contributed by atoms with Gasteiger partial charge >= 0.3 is 0 Å². The third-order valence-corrected chi connectivity index (χ3v) is 3.85. The van der Waals surface area contributed by atoms with Gasteiger partial charge in [-0.15, -0.1) is 0 Å². The van der Waals surface area contributed by atoms with Crippen molar-refractivity contribution in [3.05, 3.63) is 60.1 Å². The van der Waals surface area contributed by atoms with Gasteiger partial charge in [-0.05, 0) is 74.2 Å². The van der Waals surface area contributed by atoms with E-state index in [1.165, 1.54) is 19.1 Å². The molecule has 24 heavy (non-hydrogen) atoms. The lowest BCUT2D eigenvalue weighted by molar-refractivity contribution is 0.0955. The third kappa shape index (κ3) is 4.59. The lowest BCUT2D eigenvalue weighted by atomic mass is 10.2. The first-order valence-electron chi connectivity index (χ1n) is 8.11. The summed E-state index contributed by atoms with van der Waals surface area (Å²) in [6.45, 7) is 0. The number of benzene rings is 1. The average molecular weight is 324 g/mol. The highest BCUT2D eigenvalue weighted by Gasteiger charge is 2.16. The molecule has 0 aliphatic heterocycles. The standard InChI is InChI=1S/C19H20N2O3/c22-19(21-20-13-3-7-16-8-4-14-23-16)15-9-11-18(12-10-15)24-17-5-1-2-6-17/h3-4,7-14,17H,1-2,5-6H2,(H,21,22)/b7-3+,20-13-. The van der Waals surface area contributed by atoms with Gasteiger partial charge in [0.15, 0.2) is 0 Å². The van der Waals surface area contributed by atoms with Crippen molar-refractivity contribution in [2.75, 3.05) is 0 Å². The number of nitrogens with one attached hydrogen (secondary N) is 1. The van der Waals surface area contributed by atoms with Crippen LogP contribution in [-0.4, -0.2) is 18.2 Å². The topological polar surface area (TPSA) is 63.8 Å². The molecule has 5 nitrogen and oxygen atoms in total. The second-order valence-electron chi connectivity index (χ2n) is 5.64. The van der Waals surface area contributed by atoms with Crippen molar-refractivity contribution in [1.82, 2.24) is 5.43 Å². The van der Waals surface area contributed by atoms with E-state index in [9.17, 15) is 4.79 Å². The molecule has 1 aromatic carbocycles. The number of rotatable bonds is 6. The highest BCUT2D eigenvalue weighted by atomic mass is 16.5. The van der Waals surface area contributed by atoms with Crippen LogP contribution in [0.2, 0.25) is 0 Å². The zero-order valence-electron chi connectivity index (χ0n) is 13.4. The summed E-state index contributed by atoms with van der Waals surface area (Å²) in [5, 5.41) is 3.87. The van der Waals surface area contributed by atoms with Crippen molar-refractivity contribution in [1.29, 1.82) is 0 Å². The summed E-state index contributed by atoms with van der Waals surface area (Å²) < 4.78 is 11.0. The maximum absolute atomic E-state index is 12.0. The maximum atomic E-state index is 12.0. The average Bonchev–Trinajstić information content (AvgIpc) is 3.29. The lowest BCUT2D eigenvalue weighted by Crippen LogP contribution is -2.17. The van der Waals surface area contributed by atoms with Gasteiger partial charge in [0, 0.05) is 11.8 Å². The highest BCUT2D eigenvalue weighted by Crippen LogP contribution is 2.24. The van der Waals surface area contributed by atoms with Crippen molar-refractivity contribution in [3.8, 4) is 5.75 Å². The molecule has 3 rings (SSSR count). The number of carbonyl (C=O) groups is 1. The summed E-state index contributed by atoms with van der Waals surface area (Å²) in [7, 11) is 0. The molecular weight excluding hydrogens is 304 g/mol.